The van der Waals surface area contributed by atoms with Gasteiger partial charge in [-0.25, -0.2) is 0 Å². The molecule has 5 heteroatoms. The third-order valence-electron chi connectivity index (χ3n) is 2.90. The average molecular weight is 240 g/mol. The summed E-state index contributed by atoms with van der Waals surface area (Å²) in [6.45, 7) is 11.8. The van der Waals surface area contributed by atoms with Crippen molar-refractivity contribution in [3.05, 3.63) is 5.82 Å². The van der Waals surface area contributed by atoms with Crippen LogP contribution in [0, 0.1) is 6.92 Å². The van der Waals surface area contributed by atoms with E-state index in [1.165, 1.54) is 6.42 Å². The van der Waals surface area contributed by atoms with Crippen LogP contribution in [0.2, 0.25) is 0 Å². The van der Waals surface area contributed by atoms with Crippen LogP contribution in [-0.2, 0) is 0 Å². The van der Waals surface area contributed by atoms with Gasteiger partial charge in [-0.1, -0.05) is 19.0 Å². The Kier molecular flexibility index (Phi) is 5.97. The van der Waals surface area contributed by atoms with E-state index in [9.17, 15) is 0 Å². The van der Waals surface area contributed by atoms with Crippen LogP contribution < -0.4 is 5.32 Å². The highest BCUT2D eigenvalue weighted by molar-refractivity contribution is 5.19. The van der Waals surface area contributed by atoms with E-state index in [2.05, 4.69) is 41.1 Å². The van der Waals surface area contributed by atoms with Crippen LogP contribution in [0.5, 0.6) is 0 Å². The van der Waals surface area contributed by atoms with Crippen LogP contribution >= 0.6 is 0 Å². The van der Waals surface area contributed by atoms with E-state index in [4.69, 9.17) is 4.52 Å². The van der Waals surface area contributed by atoms with Gasteiger partial charge in [0.15, 0.2) is 5.82 Å². The van der Waals surface area contributed by atoms with Gasteiger partial charge in [0.25, 0.3) is 0 Å². The minimum atomic E-state index is 0.366. The summed E-state index contributed by atoms with van der Waals surface area (Å²) >= 11 is 0. The van der Waals surface area contributed by atoms with E-state index >= 15 is 0 Å². The third-order valence-corrected chi connectivity index (χ3v) is 2.90. The zero-order valence-electron chi connectivity index (χ0n) is 11.4. The third kappa shape index (κ3) is 5.17. The molecule has 0 aliphatic rings. The molecular weight excluding hydrogens is 216 g/mol. The second-order valence-electron chi connectivity index (χ2n) is 4.36. The summed E-state index contributed by atoms with van der Waals surface area (Å²) in [5, 5.41) is 6.96. The van der Waals surface area contributed by atoms with Gasteiger partial charge >= 0.3 is 6.01 Å². The van der Waals surface area contributed by atoms with Crippen molar-refractivity contribution < 1.29 is 4.52 Å². The summed E-state index contributed by atoms with van der Waals surface area (Å²) in [6, 6.07) is 0.892. The predicted molar refractivity (Wildman–Crippen MR) is 69.1 cm³/mol. The molecule has 0 aliphatic carbocycles. The molecule has 1 aromatic rings. The topological polar surface area (TPSA) is 54.2 Å². The Morgan fingerprint density at radius 3 is 2.59 bits per heavy atom. The van der Waals surface area contributed by atoms with Crippen molar-refractivity contribution in [2.45, 2.75) is 46.6 Å². The molecule has 1 unspecified atom stereocenters. The van der Waals surface area contributed by atoms with Crippen molar-refractivity contribution in [1.29, 1.82) is 0 Å². The van der Waals surface area contributed by atoms with E-state index in [1.807, 2.05) is 6.92 Å². The number of aryl methyl sites for hydroxylation is 1. The van der Waals surface area contributed by atoms with Crippen LogP contribution in [0.1, 0.15) is 39.4 Å². The maximum atomic E-state index is 5.02. The number of hydrogen-bond donors (Lipinski definition) is 1. The maximum Gasteiger partial charge on any atom is 0.321 e. The molecule has 98 valence electrons. The van der Waals surface area contributed by atoms with E-state index in [-0.39, 0.29) is 0 Å². The molecule has 0 saturated heterocycles. The molecule has 0 amide bonds. The fraction of sp³-hybridized carbons (Fsp3) is 0.833. The lowest BCUT2D eigenvalue weighted by Gasteiger charge is -2.19. The van der Waals surface area contributed by atoms with Gasteiger partial charge in [-0.05, 0) is 46.3 Å². The molecule has 1 rings (SSSR count). The molecule has 0 fully saturated rings. The Morgan fingerprint density at radius 1 is 1.35 bits per heavy atom. The van der Waals surface area contributed by atoms with Crippen molar-refractivity contribution in [1.82, 2.24) is 15.0 Å². The van der Waals surface area contributed by atoms with E-state index in [1.54, 1.807) is 0 Å². The molecule has 0 radical (unpaired) electrons. The van der Waals surface area contributed by atoms with Crippen LogP contribution in [0.3, 0.4) is 0 Å². The number of rotatable bonds is 8. The quantitative estimate of drug-likeness (QED) is 0.755. The molecule has 1 N–H and O–H groups in total. The monoisotopic (exact) mass is 240 g/mol. The summed E-state index contributed by atoms with van der Waals surface area (Å²) in [5.41, 5.74) is 0. The number of hydrogen-bond acceptors (Lipinski definition) is 5. The molecule has 17 heavy (non-hydrogen) atoms. The van der Waals surface area contributed by atoms with Crippen molar-refractivity contribution in [2.75, 3.05) is 25.0 Å². The largest absolute Gasteiger partial charge is 0.335 e. The van der Waals surface area contributed by atoms with Gasteiger partial charge < -0.3 is 14.7 Å². The zero-order valence-corrected chi connectivity index (χ0v) is 11.4. The highest BCUT2D eigenvalue weighted by Gasteiger charge is 2.07. The van der Waals surface area contributed by atoms with Crippen LogP contribution in [0.4, 0.5) is 6.01 Å². The molecule has 0 aromatic carbocycles. The SMILES string of the molecule is CCN(CC)CCCC(C)Nc1nc(C)no1. The second-order valence-corrected chi connectivity index (χ2v) is 4.36. The summed E-state index contributed by atoms with van der Waals surface area (Å²) in [6.07, 6.45) is 2.29. The van der Waals surface area contributed by atoms with Gasteiger partial charge in [0.05, 0.1) is 0 Å². The molecule has 0 aliphatic heterocycles. The van der Waals surface area contributed by atoms with Crippen molar-refractivity contribution in [3.8, 4) is 0 Å². The molecule has 1 atom stereocenters. The summed E-state index contributed by atoms with van der Waals surface area (Å²) < 4.78 is 5.02. The fourth-order valence-corrected chi connectivity index (χ4v) is 1.80. The first kappa shape index (κ1) is 14.0. The van der Waals surface area contributed by atoms with Crippen LogP contribution in [0.25, 0.3) is 0 Å². The Morgan fingerprint density at radius 2 is 2.06 bits per heavy atom. The summed E-state index contributed by atoms with van der Waals surface area (Å²) in [5.74, 6) is 0.669. The molecule has 0 saturated carbocycles. The minimum absolute atomic E-state index is 0.366. The smallest absolute Gasteiger partial charge is 0.321 e. The van der Waals surface area contributed by atoms with Crippen molar-refractivity contribution in [2.24, 2.45) is 0 Å². The normalized spacial score (nSPS) is 13.0. The maximum absolute atomic E-state index is 5.02. The van der Waals surface area contributed by atoms with Crippen LogP contribution in [0.15, 0.2) is 4.52 Å². The average Bonchev–Trinajstić information content (AvgIpc) is 2.70. The number of aromatic nitrogens is 2. The Labute approximate surface area is 104 Å². The van der Waals surface area contributed by atoms with Gasteiger partial charge in [-0.15, -0.1) is 0 Å². The lowest BCUT2D eigenvalue weighted by Crippen LogP contribution is -2.25. The van der Waals surface area contributed by atoms with E-state index in [0.717, 1.165) is 26.1 Å². The first-order valence-corrected chi connectivity index (χ1v) is 6.44. The van der Waals surface area contributed by atoms with E-state index < -0.39 is 0 Å². The minimum Gasteiger partial charge on any atom is -0.335 e. The Balaban J connectivity index is 2.19. The first-order valence-electron chi connectivity index (χ1n) is 6.44. The second kappa shape index (κ2) is 7.27. The molecule has 5 nitrogen and oxygen atoms in total. The molecular formula is C12H24N4O. The molecule has 0 bridgehead atoms. The standard InChI is InChI=1S/C12H24N4O/c1-5-16(6-2)9-7-8-10(3)13-12-14-11(4)15-17-12/h10H,5-9H2,1-4H3,(H,13,14,15). The Bertz CT molecular complexity index is 309. The van der Waals surface area contributed by atoms with Crippen LogP contribution in [-0.4, -0.2) is 40.7 Å². The van der Waals surface area contributed by atoms with Gasteiger partial charge in [0.2, 0.25) is 0 Å². The van der Waals surface area contributed by atoms with Gasteiger partial charge in [0, 0.05) is 6.04 Å². The number of anilines is 1. The lowest BCUT2D eigenvalue weighted by molar-refractivity contribution is 0.294. The predicted octanol–water partition coefficient (Wildman–Crippen LogP) is 2.30. The van der Waals surface area contributed by atoms with Crippen molar-refractivity contribution >= 4 is 6.01 Å². The van der Waals surface area contributed by atoms with Gasteiger partial charge in [0.1, 0.15) is 0 Å². The van der Waals surface area contributed by atoms with Crippen molar-refractivity contribution in [3.63, 3.8) is 0 Å². The molecule has 1 aromatic heterocycles. The van der Waals surface area contributed by atoms with Gasteiger partial charge in [-0.3, -0.25) is 0 Å². The highest BCUT2D eigenvalue weighted by atomic mass is 16.5. The zero-order chi connectivity index (χ0) is 12.7. The summed E-state index contributed by atoms with van der Waals surface area (Å²) in [7, 11) is 0. The Hall–Kier alpha value is -1.10. The number of nitrogens with one attached hydrogen (secondary N) is 1. The van der Waals surface area contributed by atoms with Gasteiger partial charge in [-0.2, -0.15) is 4.98 Å². The lowest BCUT2D eigenvalue weighted by atomic mass is 10.2. The van der Waals surface area contributed by atoms with E-state index in [0.29, 0.717) is 17.9 Å². The molecule has 0 spiro atoms. The first-order chi connectivity index (χ1) is 8.15. The summed E-state index contributed by atoms with van der Waals surface area (Å²) in [4.78, 5) is 6.56. The number of nitrogens with zero attached hydrogens (tertiary/aromatic N) is 3. The molecule has 1 heterocycles. The fourth-order valence-electron chi connectivity index (χ4n) is 1.80. The highest BCUT2D eigenvalue weighted by Crippen LogP contribution is 2.08.